The van der Waals surface area contributed by atoms with E-state index in [1.54, 1.807) is 14.2 Å². The van der Waals surface area contributed by atoms with Crippen LogP contribution in [-0.2, 0) is 6.42 Å². The van der Waals surface area contributed by atoms with Gasteiger partial charge in [-0.25, -0.2) is 0 Å². The van der Waals surface area contributed by atoms with E-state index in [4.69, 9.17) is 9.47 Å². The van der Waals surface area contributed by atoms with Gasteiger partial charge in [0.1, 0.15) is 11.5 Å². The Bertz CT molecular complexity index is 657. The second-order valence-corrected chi connectivity index (χ2v) is 5.77. The third-order valence-corrected chi connectivity index (χ3v) is 4.30. The molecule has 3 nitrogen and oxygen atoms in total. The van der Waals surface area contributed by atoms with Gasteiger partial charge in [-0.3, -0.25) is 0 Å². The van der Waals surface area contributed by atoms with Gasteiger partial charge in [-0.2, -0.15) is 0 Å². The third-order valence-electron chi connectivity index (χ3n) is 4.30. The second kappa shape index (κ2) is 7.34. The maximum absolute atomic E-state index is 5.55. The van der Waals surface area contributed by atoms with E-state index in [0.29, 0.717) is 6.04 Å². The van der Waals surface area contributed by atoms with Crippen LogP contribution in [0.4, 0.5) is 0 Å². The van der Waals surface area contributed by atoms with E-state index in [-0.39, 0.29) is 0 Å². The van der Waals surface area contributed by atoms with Crippen molar-refractivity contribution in [2.24, 2.45) is 0 Å². The highest BCUT2D eigenvalue weighted by Gasteiger charge is 2.21. The molecule has 0 spiro atoms. The lowest BCUT2D eigenvalue weighted by atomic mass is 9.91. The van der Waals surface area contributed by atoms with E-state index in [2.05, 4.69) is 41.7 Å². The van der Waals surface area contributed by atoms with Gasteiger partial charge in [0.15, 0.2) is 0 Å². The first-order valence-corrected chi connectivity index (χ1v) is 7.99. The summed E-state index contributed by atoms with van der Waals surface area (Å²) in [6.45, 7) is 0.869. The van der Waals surface area contributed by atoms with Crippen LogP contribution in [0.15, 0.2) is 54.6 Å². The summed E-state index contributed by atoms with van der Waals surface area (Å²) in [7, 11) is 3.42. The van der Waals surface area contributed by atoms with Gasteiger partial charge < -0.3 is 14.8 Å². The van der Waals surface area contributed by atoms with Crippen molar-refractivity contribution in [2.75, 3.05) is 20.8 Å². The molecule has 0 amide bonds. The zero-order chi connectivity index (χ0) is 16.1. The Kier molecular flexibility index (Phi) is 4.99. The highest BCUT2D eigenvalue weighted by atomic mass is 16.5. The average molecular weight is 309 g/mol. The fourth-order valence-corrected chi connectivity index (χ4v) is 3.18. The minimum atomic E-state index is 0.423. The average Bonchev–Trinajstić information content (AvgIpc) is 2.62. The predicted octanol–water partition coefficient (Wildman–Crippen LogP) is 3.69. The zero-order valence-corrected chi connectivity index (χ0v) is 13.7. The Morgan fingerprint density at radius 1 is 0.957 bits per heavy atom. The van der Waals surface area contributed by atoms with Gasteiger partial charge in [0.2, 0.25) is 0 Å². The first-order valence-electron chi connectivity index (χ1n) is 7.99. The molecular weight excluding hydrogens is 286 g/mol. The van der Waals surface area contributed by atoms with E-state index in [0.717, 1.165) is 36.4 Å². The van der Waals surface area contributed by atoms with Crippen LogP contribution < -0.4 is 14.8 Å². The van der Waals surface area contributed by atoms with Crippen LogP contribution in [0.3, 0.4) is 0 Å². The van der Waals surface area contributed by atoms with Gasteiger partial charge >= 0.3 is 0 Å². The summed E-state index contributed by atoms with van der Waals surface area (Å²) in [4.78, 5) is 0. The molecule has 0 bridgehead atoms. The van der Waals surface area contributed by atoms with E-state index >= 15 is 0 Å². The topological polar surface area (TPSA) is 30.5 Å². The lowest BCUT2D eigenvalue weighted by Gasteiger charge is -2.26. The molecule has 1 N–H and O–H groups in total. The molecule has 0 aromatic heterocycles. The summed E-state index contributed by atoms with van der Waals surface area (Å²) in [5, 5.41) is 3.58. The van der Waals surface area contributed by atoms with Crippen LogP contribution in [0.25, 0.3) is 5.57 Å². The highest BCUT2D eigenvalue weighted by Crippen LogP contribution is 2.37. The molecule has 3 heteroatoms. The molecule has 2 aromatic rings. The highest BCUT2D eigenvalue weighted by molar-refractivity contribution is 5.76. The van der Waals surface area contributed by atoms with Gasteiger partial charge in [0.25, 0.3) is 0 Å². The monoisotopic (exact) mass is 309 g/mol. The summed E-state index contributed by atoms with van der Waals surface area (Å²) in [5.74, 6) is 1.74. The molecule has 1 heterocycles. The largest absolute Gasteiger partial charge is 0.496 e. The van der Waals surface area contributed by atoms with Crippen molar-refractivity contribution in [1.82, 2.24) is 5.32 Å². The Hall–Kier alpha value is -2.26. The SMILES string of the molecule is COc1cccc(OC)c1C1=CCNC(Cc2ccccc2)C1. The van der Waals surface area contributed by atoms with E-state index < -0.39 is 0 Å². The van der Waals surface area contributed by atoms with Crippen LogP contribution in [-0.4, -0.2) is 26.8 Å². The number of rotatable bonds is 5. The third kappa shape index (κ3) is 3.57. The molecular formula is C20H23NO2. The Labute approximate surface area is 137 Å². The molecule has 3 rings (SSSR count). The number of nitrogens with one attached hydrogen (secondary N) is 1. The van der Waals surface area contributed by atoms with Crippen molar-refractivity contribution < 1.29 is 9.47 Å². The predicted molar refractivity (Wildman–Crippen MR) is 94.1 cm³/mol. The van der Waals surface area contributed by atoms with E-state index in [1.165, 1.54) is 11.1 Å². The first kappa shape index (κ1) is 15.6. The number of hydrogen-bond acceptors (Lipinski definition) is 3. The van der Waals surface area contributed by atoms with Crippen molar-refractivity contribution in [3.8, 4) is 11.5 Å². The van der Waals surface area contributed by atoms with Crippen LogP contribution in [0.2, 0.25) is 0 Å². The standard InChI is InChI=1S/C20H23NO2/c1-22-18-9-6-10-19(23-2)20(18)16-11-12-21-17(14-16)13-15-7-4-3-5-8-15/h3-11,17,21H,12-14H2,1-2H3. The molecule has 1 atom stereocenters. The molecule has 0 saturated carbocycles. The number of ether oxygens (including phenoxy) is 2. The maximum atomic E-state index is 5.55. The lowest BCUT2D eigenvalue weighted by Crippen LogP contribution is -2.34. The van der Waals surface area contributed by atoms with Crippen molar-refractivity contribution in [3.05, 3.63) is 65.7 Å². The molecule has 23 heavy (non-hydrogen) atoms. The summed E-state index contributed by atoms with van der Waals surface area (Å²) in [5.41, 5.74) is 3.73. The Morgan fingerprint density at radius 2 is 1.65 bits per heavy atom. The minimum absolute atomic E-state index is 0.423. The van der Waals surface area contributed by atoms with Gasteiger partial charge in [-0.15, -0.1) is 0 Å². The van der Waals surface area contributed by atoms with Crippen LogP contribution >= 0.6 is 0 Å². The van der Waals surface area contributed by atoms with Crippen molar-refractivity contribution >= 4 is 5.57 Å². The lowest BCUT2D eigenvalue weighted by molar-refractivity contribution is 0.391. The molecule has 1 unspecified atom stereocenters. The fraction of sp³-hybridized carbons (Fsp3) is 0.300. The van der Waals surface area contributed by atoms with Gasteiger partial charge in [0.05, 0.1) is 19.8 Å². The quantitative estimate of drug-likeness (QED) is 0.913. The van der Waals surface area contributed by atoms with Crippen molar-refractivity contribution in [1.29, 1.82) is 0 Å². The molecule has 1 aliphatic rings. The Balaban J connectivity index is 1.83. The number of methoxy groups -OCH3 is 2. The molecule has 0 saturated heterocycles. The zero-order valence-electron chi connectivity index (χ0n) is 13.7. The molecule has 120 valence electrons. The second-order valence-electron chi connectivity index (χ2n) is 5.77. The molecule has 1 aliphatic heterocycles. The minimum Gasteiger partial charge on any atom is -0.496 e. The summed E-state index contributed by atoms with van der Waals surface area (Å²) >= 11 is 0. The van der Waals surface area contributed by atoms with E-state index in [1.807, 2.05) is 18.2 Å². The van der Waals surface area contributed by atoms with Crippen molar-refractivity contribution in [3.63, 3.8) is 0 Å². The summed E-state index contributed by atoms with van der Waals surface area (Å²) in [6, 6.07) is 17.0. The maximum Gasteiger partial charge on any atom is 0.130 e. The normalized spacial score (nSPS) is 17.5. The van der Waals surface area contributed by atoms with Crippen molar-refractivity contribution in [2.45, 2.75) is 18.9 Å². The van der Waals surface area contributed by atoms with Gasteiger partial charge in [-0.05, 0) is 36.1 Å². The number of hydrogen-bond donors (Lipinski definition) is 1. The number of benzene rings is 2. The fourth-order valence-electron chi connectivity index (χ4n) is 3.18. The molecule has 2 aromatic carbocycles. The van der Waals surface area contributed by atoms with Crippen LogP contribution in [0.5, 0.6) is 11.5 Å². The van der Waals surface area contributed by atoms with Crippen LogP contribution in [0, 0.1) is 0 Å². The Morgan fingerprint density at radius 3 is 2.30 bits per heavy atom. The first-order chi connectivity index (χ1) is 11.3. The molecule has 0 aliphatic carbocycles. The van der Waals surface area contributed by atoms with Gasteiger partial charge in [-0.1, -0.05) is 42.5 Å². The summed E-state index contributed by atoms with van der Waals surface area (Å²) < 4.78 is 11.1. The van der Waals surface area contributed by atoms with E-state index in [9.17, 15) is 0 Å². The van der Waals surface area contributed by atoms with Gasteiger partial charge in [0, 0.05) is 12.6 Å². The smallest absolute Gasteiger partial charge is 0.130 e. The molecule has 0 fully saturated rings. The molecule has 0 radical (unpaired) electrons. The van der Waals surface area contributed by atoms with Crippen LogP contribution in [0.1, 0.15) is 17.5 Å². The summed E-state index contributed by atoms with van der Waals surface area (Å²) in [6.07, 6.45) is 4.23.